The van der Waals surface area contributed by atoms with Gasteiger partial charge in [0, 0.05) is 11.8 Å². The van der Waals surface area contributed by atoms with E-state index in [9.17, 15) is 9.59 Å². The van der Waals surface area contributed by atoms with Crippen LogP contribution in [-0.2, 0) is 9.53 Å². The SMILES string of the molecule is COC(=O)c1ccc(C=CC(=O)O)c(N)c1. The molecule has 0 aliphatic rings. The minimum Gasteiger partial charge on any atom is -0.478 e. The van der Waals surface area contributed by atoms with Crippen molar-refractivity contribution in [3.63, 3.8) is 0 Å². The average Bonchev–Trinajstić information content (AvgIpc) is 2.26. The highest BCUT2D eigenvalue weighted by Crippen LogP contribution is 2.16. The molecule has 0 radical (unpaired) electrons. The zero-order valence-electron chi connectivity index (χ0n) is 8.64. The van der Waals surface area contributed by atoms with Crippen molar-refractivity contribution < 1.29 is 19.4 Å². The fraction of sp³-hybridized carbons (Fsp3) is 0.0909. The van der Waals surface area contributed by atoms with Gasteiger partial charge in [0.05, 0.1) is 12.7 Å². The number of methoxy groups -OCH3 is 1. The lowest BCUT2D eigenvalue weighted by Gasteiger charge is -2.03. The van der Waals surface area contributed by atoms with E-state index >= 15 is 0 Å². The molecular weight excluding hydrogens is 210 g/mol. The van der Waals surface area contributed by atoms with Crippen molar-refractivity contribution in [2.75, 3.05) is 12.8 Å². The number of hydrogen-bond acceptors (Lipinski definition) is 4. The Hall–Kier alpha value is -2.30. The summed E-state index contributed by atoms with van der Waals surface area (Å²) in [6.07, 6.45) is 2.34. The molecule has 0 aromatic heterocycles. The van der Waals surface area contributed by atoms with Gasteiger partial charge in [-0.15, -0.1) is 0 Å². The number of hydrogen-bond donors (Lipinski definition) is 2. The van der Waals surface area contributed by atoms with Crippen molar-refractivity contribution in [2.24, 2.45) is 0 Å². The first kappa shape index (κ1) is 11.8. The number of nitrogen functional groups attached to an aromatic ring is 1. The van der Waals surface area contributed by atoms with Crippen LogP contribution in [0.2, 0.25) is 0 Å². The van der Waals surface area contributed by atoms with Crippen LogP contribution in [0.15, 0.2) is 24.3 Å². The van der Waals surface area contributed by atoms with Gasteiger partial charge in [0.1, 0.15) is 0 Å². The number of rotatable bonds is 3. The number of nitrogens with two attached hydrogens (primary N) is 1. The highest BCUT2D eigenvalue weighted by atomic mass is 16.5. The van der Waals surface area contributed by atoms with E-state index < -0.39 is 11.9 Å². The molecule has 1 aromatic carbocycles. The summed E-state index contributed by atoms with van der Waals surface area (Å²) >= 11 is 0. The maximum Gasteiger partial charge on any atom is 0.337 e. The van der Waals surface area contributed by atoms with Crippen LogP contribution < -0.4 is 5.73 Å². The van der Waals surface area contributed by atoms with Crippen molar-refractivity contribution in [2.45, 2.75) is 0 Å². The summed E-state index contributed by atoms with van der Waals surface area (Å²) in [6.45, 7) is 0. The fourth-order valence-electron chi connectivity index (χ4n) is 1.13. The van der Waals surface area contributed by atoms with Gasteiger partial charge in [0.15, 0.2) is 0 Å². The van der Waals surface area contributed by atoms with Crippen molar-refractivity contribution in [1.82, 2.24) is 0 Å². The number of aliphatic carboxylic acids is 1. The molecule has 0 spiro atoms. The summed E-state index contributed by atoms with van der Waals surface area (Å²) in [5.74, 6) is -1.54. The third-order valence-electron chi connectivity index (χ3n) is 1.91. The molecule has 0 saturated heterocycles. The maximum atomic E-state index is 11.2. The molecule has 0 aliphatic carbocycles. The first-order valence-corrected chi connectivity index (χ1v) is 4.43. The highest BCUT2D eigenvalue weighted by Gasteiger charge is 2.06. The van der Waals surface area contributed by atoms with Crippen LogP contribution in [0, 0.1) is 0 Å². The molecule has 84 valence electrons. The summed E-state index contributed by atoms with van der Waals surface area (Å²) < 4.78 is 4.52. The lowest BCUT2D eigenvalue weighted by Crippen LogP contribution is -2.02. The smallest absolute Gasteiger partial charge is 0.337 e. The molecule has 0 heterocycles. The van der Waals surface area contributed by atoms with E-state index in [0.29, 0.717) is 16.8 Å². The van der Waals surface area contributed by atoms with E-state index in [1.54, 1.807) is 6.07 Å². The number of esters is 1. The predicted molar refractivity (Wildman–Crippen MR) is 58.9 cm³/mol. The van der Waals surface area contributed by atoms with Gasteiger partial charge >= 0.3 is 11.9 Å². The molecule has 0 amide bonds. The van der Waals surface area contributed by atoms with Crippen LogP contribution in [0.4, 0.5) is 5.69 Å². The Balaban J connectivity index is 3.00. The maximum absolute atomic E-state index is 11.2. The summed E-state index contributed by atoms with van der Waals surface area (Å²) in [5, 5.41) is 8.44. The van der Waals surface area contributed by atoms with Gasteiger partial charge in [-0.1, -0.05) is 6.07 Å². The first-order chi connectivity index (χ1) is 7.54. The van der Waals surface area contributed by atoms with Gasteiger partial charge in [-0.25, -0.2) is 9.59 Å². The molecule has 0 fully saturated rings. The van der Waals surface area contributed by atoms with Crippen LogP contribution in [0.1, 0.15) is 15.9 Å². The van der Waals surface area contributed by atoms with Gasteiger partial charge in [-0.3, -0.25) is 0 Å². The lowest BCUT2D eigenvalue weighted by atomic mass is 10.1. The Morgan fingerprint density at radius 2 is 2.12 bits per heavy atom. The van der Waals surface area contributed by atoms with E-state index in [-0.39, 0.29) is 0 Å². The number of ether oxygens (including phenoxy) is 1. The minimum atomic E-state index is -1.06. The normalized spacial score (nSPS) is 10.3. The Bertz CT molecular complexity index is 451. The zero-order chi connectivity index (χ0) is 12.1. The van der Waals surface area contributed by atoms with Crippen molar-refractivity contribution in [3.8, 4) is 0 Å². The van der Waals surface area contributed by atoms with Crippen LogP contribution in [0.25, 0.3) is 6.08 Å². The van der Waals surface area contributed by atoms with E-state index in [2.05, 4.69) is 4.74 Å². The number of carboxylic acid groups (broad SMARTS) is 1. The van der Waals surface area contributed by atoms with Crippen LogP contribution in [0.3, 0.4) is 0 Å². The van der Waals surface area contributed by atoms with Crippen molar-refractivity contribution in [3.05, 3.63) is 35.4 Å². The molecule has 0 aliphatic heterocycles. The summed E-state index contributed by atoms with van der Waals surface area (Å²) in [6, 6.07) is 4.51. The Morgan fingerprint density at radius 3 is 2.62 bits per heavy atom. The molecule has 5 heteroatoms. The van der Waals surface area contributed by atoms with E-state index in [4.69, 9.17) is 10.8 Å². The number of carbonyl (C=O) groups excluding carboxylic acids is 1. The number of benzene rings is 1. The largest absolute Gasteiger partial charge is 0.478 e. The number of carboxylic acids is 1. The topological polar surface area (TPSA) is 89.6 Å². The molecule has 0 bridgehead atoms. The Morgan fingerprint density at radius 1 is 1.44 bits per heavy atom. The number of carbonyl (C=O) groups is 2. The second-order valence-corrected chi connectivity index (χ2v) is 3.01. The fourth-order valence-corrected chi connectivity index (χ4v) is 1.13. The molecule has 0 atom stereocenters. The molecule has 0 unspecified atom stereocenters. The van der Waals surface area contributed by atoms with Gasteiger partial charge in [0.25, 0.3) is 0 Å². The molecule has 1 aromatic rings. The average molecular weight is 221 g/mol. The predicted octanol–water partition coefficient (Wildman–Crippen LogP) is 1.15. The quantitative estimate of drug-likeness (QED) is 0.454. The Labute approximate surface area is 92.1 Å². The monoisotopic (exact) mass is 221 g/mol. The van der Waals surface area contributed by atoms with Crippen molar-refractivity contribution in [1.29, 1.82) is 0 Å². The van der Waals surface area contributed by atoms with E-state index in [1.807, 2.05) is 0 Å². The molecule has 3 N–H and O–H groups in total. The van der Waals surface area contributed by atoms with Crippen LogP contribution in [-0.4, -0.2) is 24.2 Å². The van der Waals surface area contributed by atoms with Gasteiger partial charge in [-0.05, 0) is 23.8 Å². The zero-order valence-corrected chi connectivity index (χ0v) is 8.64. The second kappa shape index (κ2) is 4.97. The summed E-state index contributed by atoms with van der Waals surface area (Å²) in [5.41, 5.74) is 6.83. The van der Waals surface area contributed by atoms with E-state index in [0.717, 1.165) is 6.08 Å². The lowest BCUT2D eigenvalue weighted by molar-refractivity contribution is -0.131. The second-order valence-electron chi connectivity index (χ2n) is 3.01. The third kappa shape index (κ3) is 2.84. The van der Waals surface area contributed by atoms with E-state index in [1.165, 1.54) is 25.3 Å². The Kier molecular flexibility index (Phi) is 3.66. The standard InChI is InChI=1S/C11H11NO4/c1-16-11(15)8-3-2-7(9(12)6-8)4-5-10(13)14/h2-6H,12H2,1H3,(H,13,14). The third-order valence-corrected chi connectivity index (χ3v) is 1.91. The molecule has 5 nitrogen and oxygen atoms in total. The van der Waals surface area contributed by atoms with Crippen LogP contribution >= 0.6 is 0 Å². The first-order valence-electron chi connectivity index (χ1n) is 4.43. The summed E-state index contributed by atoms with van der Waals surface area (Å²) in [7, 11) is 1.27. The summed E-state index contributed by atoms with van der Waals surface area (Å²) in [4.78, 5) is 21.5. The van der Waals surface area contributed by atoms with Crippen LogP contribution in [0.5, 0.6) is 0 Å². The van der Waals surface area contributed by atoms with Gasteiger partial charge in [0.2, 0.25) is 0 Å². The van der Waals surface area contributed by atoms with Gasteiger partial charge < -0.3 is 15.6 Å². The molecule has 1 rings (SSSR count). The molecule has 0 saturated carbocycles. The van der Waals surface area contributed by atoms with Gasteiger partial charge in [-0.2, -0.15) is 0 Å². The molecular formula is C11H11NO4. The number of anilines is 1. The molecule has 16 heavy (non-hydrogen) atoms. The van der Waals surface area contributed by atoms with Crippen molar-refractivity contribution >= 4 is 23.7 Å². The minimum absolute atomic E-state index is 0.320. The highest BCUT2D eigenvalue weighted by molar-refractivity contribution is 5.92.